The first kappa shape index (κ1) is 19.9. The van der Waals surface area contributed by atoms with Crippen molar-refractivity contribution < 1.29 is 9.13 Å². The predicted molar refractivity (Wildman–Crippen MR) is 119 cm³/mol. The van der Waals surface area contributed by atoms with Crippen LogP contribution in [0.5, 0.6) is 0 Å². The van der Waals surface area contributed by atoms with Gasteiger partial charge in [0.15, 0.2) is 0 Å². The molecule has 1 fully saturated rings. The van der Waals surface area contributed by atoms with Gasteiger partial charge in [-0.2, -0.15) is 5.10 Å². The van der Waals surface area contributed by atoms with Crippen LogP contribution in [-0.4, -0.2) is 39.9 Å². The Balaban J connectivity index is 1.64. The molecule has 0 aliphatic carbocycles. The second-order valence-electron chi connectivity index (χ2n) is 7.75. The van der Waals surface area contributed by atoms with Gasteiger partial charge >= 0.3 is 0 Å². The Morgan fingerprint density at radius 2 is 2.06 bits per heavy atom. The van der Waals surface area contributed by atoms with E-state index in [1.54, 1.807) is 18.3 Å². The van der Waals surface area contributed by atoms with Crippen LogP contribution in [0.1, 0.15) is 22.9 Å². The van der Waals surface area contributed by atoms with Gasteiger partial charge in [-0.05, 0) is 43.7 Å². The summed E-state index contributed by atoms with van der Waals surface area (Å²) in [6.07, 6.45) is 3.49. The number of nitrogens with one attached hydrogen (secondary N) is 1. The van der Waals surface area contributed by atoms with Gasteiger partial charge < -0.3 is 9.64 Å². The lowest BCUT2D eigenvalue weighted by Crippen LogP contribution is -2.38. The van der Waals surface area contributed by atoms with E-state index in [1.807, 2.05) is 32.2 Å². The fourth-order valence-corrected chi connectivity index (χ4v) is 4.06. The van der Waals surface area contributed by atoms with Crippen molar-refractivity contribution in [1.82, 2.24) is 20.2 Å². The van der Waals surface area contributed by atoms with Gasteiger partial charge in [-0.3, -0.25) is 10.1 Å². The molecule has 0 radical (unpaired) electrons. The summed E-state index contributed by atoms with van der Waals surface area (Å²) >= 11 is 5.98. The maximum Gasteiger partial charge on any atom is 0.134 e. The number of halogens is 2. The minimum Gasteiger partial charge on any atom is -0.370 e. The van der Waals surface area contributed by atoms with E-state index < -0.39 is 5.82 Å². The zero-order valence-corrected chi connectivity index (χ0v) is 17.9. The van der Waals surface area contributed by atoms with Gasteiger partial charge in [0.05, 0.1) is 24.0 Å². The van der Waals surface area contributed by atoms with Crippen molar-refractivity contribution in [2.45, 2.75) is 20.0 Å². The average Bonchev–Trinajstić information content (AvgIpc) is 3.29. The smallest absolute Gasteiger partial charge is 0.134 e. The Bertz CT molecular complexity index is 1260. The third-order valence-electron chi connectivity index (χ3n) is 5.71. The Morgan fingerprint density at radius 1 is 1.19 bits per heavy atom. The van der Waals surface area contributed by atoms with Crippen LogP contribution < -0.4 is 4.90 Å². The highest BCUT2D eigenvalue weighted by Gasteiger charge is 2.25. The molecule has 6 nitrogen and oxygen atoms in total. The number of rotatable bonds is 3. The normalized spacial score (nSPS) is 16.8. The van der Waals surface area contributed by atoms with Gasteiger partial charge in [0.2, 0.25) is 0 Å². The van der Waals surface area contributed by atoms with Crippen LogP contribution >= 0.6 is 11.6 Å². The molecule has 31 heavy (non-hydrogen) atoms. The summed E-state index contributed by atoms with van der Waals surface area (Å²) < 4.78 is 20.8. The van der Waals surface area contributed by atoms with Gasteiger partial charge in [0.25, 0.3) is 0 Å². The highest BCUT2D eigenvalue weighted by atomic mass is 35.5. The van der Waals surface area contributed by atoms with Gasteiger partial charge in [-0.1, -0.05) is 11.6 Å². The summed E-state index contributed by atoms with van der Waals surface area (Å²) in [5.41, 5.74) is 4.70. The van der Waals surface area contributed by atoms with Gasteiger partial charge in [-0.25, -0.2) is 9.37 Å². The first-order valence-electron chi connectivity index (χ1n) is 10.1. The minimum atomic E-state index is -0.407. The number of aromatic amines is 1. The number of pyridine rings is 2. The largest absolute Gasteiger partial charge is 0.370 e. The Hall–Kier alpha value is -3.03. The molecule has 0 unspecified atom stereocenters. The summed E-state index contributed by atoms with van der Waals surface area (Å²) in [5.74, 6) is 0.333. The molecule has 1 aliphatic heterocycles. The molecule has 3 aromatic heterocycles. The fourth-order valence-electron chi connectivity index (χ4n) is 3.90. The number of nitrogens with zero attached hydrogens (tertiary/aromatic N) is 4. The van der Waals surface area contributed by atoms with Crippen molar-refractivity contribution in [1.29, 1.82) is 0 Å². The van der Waals surface area contributed by atoms with Crippen LogP contribution in [0.4, 0.5) is 10.2 Å². The lowest BCUT2D eigenvalue weighted by atomic mass is 10.0. The lowest BCUT2D eigenvalue weighted by molar-refractivity contribution is 0.0395. The van der Waals surface area contributed by atoms with Gasteiger partial charge in [-0.15, -0.1) is 0 Å². The molecule has 158 valence electrons. The van der Waals surface area contributed by atoms with Crippen molar-refractivity contribution in [3.8, 4) is 11.3 Å². The number of morpholine rings is 1. The molecule has 1 atom stereocenters. The molecular weight excluding hydrogens is 417 g/mol. The van der Waals surface area contributed by atoms with Crippen LogP contribution in [0.15, 0.2) is 42.7 Å². The molecule has 0 spiro atoms. The van der Waals surface area contributed by atoms with Crippen LogP contribution in [-0.2, 0) is 4.74 Å². The lowest BCUT2D eigenvalue weighted by Gasteiger charge is -2.33. The molecule has 0 bridgehead atoms. The van der Waals surface area contributed by atoms with E-state index in [-0.39, 0.29) is 6.10 Å². The SMILES string of the molecule is Cc1cc2c(-c3ccc(Cl)cc3F)nc(N3CCO[C@@H](c4cn[nH]c4)C3)cc2nc1C. The van der Waals surface area contributed by atoms with Crippen LogP contribution in [0.2, 0.25) is 5.02 Å². The van der Waals surface area contributed by atoms with E-state index in [0.717, 1.165) is 33.5 Å². The van der Waals surface area contributed by atoms with E-state index >= 15 is 0 Å². The van der Waals surface area contributed by atoms with E-state index in [4.69, 9.17) is 26.3 Å². The zero-order chi connectivity index (χ0) is 21.5. The van der Waals surface area contributed by atoms with E-state index in [1.165, 1.54) is 6.07 Å². The molecule has 5 rings (SSSR count). The molecule has 1 saturated heterocycles. The number of hydrogen-bond donors (Lipinski definition) is 1. The third kappa shape index (κ3) is 3.75. The standard InChI is InChI=1S/C23H21ClFN5O/c1-13-7-18-20(28-14(13)2)9-22(29-23(18)17-4-3-16(24)8-19(17)25)30-5-6-31-21(12-30)15-10-26-27-11-15/h3-4,7-11,21H,5-6,12H2,1-2H3,(H,26,27)/t21-/m1/s1. The van der Waals surface area contributed by atoms with Crippen LogP contribution in [0, 0.1) is 19.7 Å². The zero-order valence-electron chi connectivity index (χ0n) is 17.2. The summed E-state index contributed by atoms with van der Waals surface area (Å²) in [6, 6.07) is 8.65. The summed E-state index contributed by atoms with van der Waals surface area (Å²) in [4.78, 5) is 11.8. The second kappa shape index (κ2) is 7.90. The molecular formula is C23H21ClFN5O. The summed E-state index contributed by atoms with van der Waals surface area (Å²) in [6.45, 7) is 5.82. The number of aryl methyl sites for hydroxylation is 2. The molecule has 1 N–H and O–H groups in total. The molecule has 1 aromatic carbocycles. The fraction of sp³-hybridized carbons (Fsp3) is 0.261. The first-order valence-corrected chi connectivity index (χ1v) is 10.5. The summed E-state index contributed by atoms with van der Waals surface area (Å²) in [7, 11) is 0. The van der Waals surface area contributed by atoms with Gasteiger partial charge in [0.1, 0.15) is 17.7 Å². The molecule has 8 heteroatoms. The Morgan fingerprint density at radius 3 is 2.84 bits per heavy atom. The Kier molecular flexibility index (Phi) is 5.08. The Labute approximate surface area is 184 Å². The third-order valence-corrected chi connectivity index (χ3v) is 5.95. The van der Waals surface area contributed by atoms with Crippen molar-refractivity contribution in [3.63, 3.8) is 0 Å². The van der Waals surface area contributed by atoms with E-state index in [0.29, 0.717) is 36.0 Å². The molecule has 0 amide bonds. The van der Waals surface area contributed by atoms with Crippen LogP contribution in [0.25, 0.3) is 22.2 Å². The maximum absolute atomic E-state index is 14.9. The van der Waals surface area contributed by atoms with Gasteiger partial charge in [0, 0.05) is 52.6 Å². The first-order chi connectivity index (χ1) is 15.0. The number of aromatic nitrogens is 4. The molecule has 4 heterocycles. The number of ether oxygens (including phenoxy) is 1. The van der Waals surface area contributed by atoms with Crippen molar-refractivity contribution in [2.24, 2.45) is 0 Å². The maximum atomic E-state index is 14.9. The number of hydrogen-bond acceptors (Lipinski definition) is 5. The monoisotopic (exact) mass is 437 g/mol. The number of benzene rings is 1. The highest BCUT2D eigenvalue weighted by Crippen LogP contribution is 2.34. The topological polar surface area (TPSA) is 66.9 Å². The molecule has 0 saturated carbocycles. The summed E-state index contributed by atoms with van der Waals surface area (Å²) in [5, 5.41) is 8.02. The average molecular weight is 438 g/mol. The van der Waals surface area contributed by atoms with Crippen molar-refractivity contribution in [2.75, 3.05) is 24.6 Å². The minimum absolute atomic E-state index is 0.117. The number of fused-ring (bicyclic) bond motifs is 1. The highest BCUT2D eigenvalue weighted by molar-refractivity contribution is 6.30. The van der Waals surface area contributed by atoms with Crippen LogP contribution in [0.3, 0.4) is 0 Å². The predicted octanol–water partition coefficient (Wildman–Crippen LogP) is 5.01. The number of anilines is 1. The van der Waals surface area contributed by atoms with Crippen molar-refractivity contribution in [3.05, 3.63) is 70.4 Å². The molecule has 4 aromatic rings. The van der Waals surface area contributed by atoms with E-state index in [2.05, 4.69) is 15.1 Å². The molecule has 1 aliphatic rings. The quantitative estimate of drug-likeness (QED) is 0.488. The van der Waals surface area contributed by atoms with E-state index in [9.17, 15) is 4.39 Å². The number of H-pyrrole nitrogens is 1. The van der Waals surface area contributed by atoms with Crippen molar-refractivity contribution >= 4 is 28.3 Å². The second-order valence-corrected chi connectivity index (χ2v) is 8.18.